The van der Waals surface area contributed by atoms with Crippen LogP contribution in [0.25, 0.3) is 0 Å². The van der Waals surface area contributed by atoms with Crippen LogP contribution in [-0.2, 0) is 9.59 Å². The van der Waals surface area contributed by atoms with Crippen molar-refractivity contribution in [2.75, 3.05) is 23.4 Å². The normalized spacial score (nSPS) is 22.6. The first kappa shape index (κ1) is 14.9. The number of hydrogen-bond acceptors (Lipinski definition) is 3. The number of carbonyl (C=O) groups excluding carboxylic acids is 2. The van der Waals surface area contributed by atoms with Crippen LogP contribution in [0, 0.1) is 19.8 Å². The highest BCUT2D eigenvalue weighted by molar-refractivity contribution is 6.24. The van der Waals surface area contributed by atoms with Crippen LogP contribution in [0.1, 0.15) is 22.6 Å². The molecule has 1 fully saturated rings. The van der Waals surface area contributed by atoms with E-state index >= 15 is 0 Å². The topological polar surface area (TPSA) is 40.6 Å². The van der Waals surface area contributed by atoms with E-state index in [1.807, 2.05) is 57.3 Å². The Labute approximate surface area is 141 Å². The Morgan fingerprint density at radius 1 is 0.917 bits per heavy atom. The van der Waals surface area contributed by atoms with E-state index < -0.39 is 0 Å². The fourth-order valence-electron chi connectivity index (χ4n) is 3.87. The fourth-order valence-corrected chi connectivity index (χ4v) is 3.87. The molecule has 0 bridgehead atoms. The first-order valence-electron chi connectivity index (χ1n) is 8.23. The summed E-state index contributed by atoms with van der Waals surface area (Å²) in [7, 11) is 1.98. The number of fused-ring (bicyclic) bond motifs is 3. The Kier molecular flexibility index (Phi) is 3.23. The molecule has 1 saturated heterocycles. The molecule has 2 unspecified atom stereocenters. The SMILES string of the molecule is Cc1ccc(N2C(=O)C3CN(C)c4ccc(C)cc4C3C2=O)cc1. The van der Waals surface area contributed by atoms with Crippen LogP contribution in [0.15, 0.2) is 42.5 Å². The molecule has 2 amide bonds. The highest BCUT2D eigenvalue weighted by Crippen LogP contribution is 2.45. The summed E-state index contributed by atoms with van der Waals surface area (Å²) >= 11 is 0. The van der Waals surface area contributed by atoms with Gasteiger partial charge in [0, 0.05) is 19.3 Å². The van der Waals surface area contributed by atoms with E-state index in [0.717, 1.165) is 22.4 Å². The number of rotatable bonds is 1. The van der Waals surface area contributed by atoms with Crippen molar-refractivity contribution in [3.8, 4) is 0 Å². The molecule has 0 saturated carbocycles. The van der Waals surface area contributed by atoms with Crippen molar-refractivity contribution < 1.29 is 9.59 Å². The lowest BCUT2D eigenvalue weighted by molar-refractivity contribution is -0.122. The Hall–Kier alpha value is -2.62. The number of nitrogens with zero attached hydrogens (tertiary/aromatic N) is 2. The van der Waals surface area contributed by atoms with E-state index in [2.05, 4.69) is 11.0 Å². The first-order chi connectivity index (χ1) is 11.5. The Morgan fingerprint density at radius 2 is 1.58 bits per heavy atom. The molecule has 2 aliphatic rings. The summed E-state index contributed by atoms with van der Waals surface area (Å²) in [5.41, 5.74) is 4.91. The zero-order valence-corrected chi connectivity index (χ0v) is 14.1. The molecule has 0 spiro atoms. The number of aryl methyl sites for hydroxylation is 2. The molecule has 0 aromatic heterocycles. The molecule has 4 heteroatoms. The van der Waals surface area contributed by atoms with E-state index in [1.54, 1.807) is 0 Å². The second-order valence-corrected chi connectivity index (χ2v) is 6.87. The fraction of sp³-hybridized carbons (Fsp3) is 0.300. The molecule has 4 rings (SSSR count). The number of amides is 2. The van der Waals surface area contributed by atoms with Crippen molar-refractivity contribution >= 4 is 23.2 Å². The molecule has 0 aliphatic carbocycles. The minimum atomic E-state index is -0.370. The molecule has 0 radical (unpaired) electrons. The maximum absolute atomic E-state index is 13.1. The zero-order valence-electron chi connectivity index (χ0n) is 14.1. The Balaban J connectivity index is 1.81. The van der Waals surface area contributed by atoms with Crippen molar-refractivity contribution in [3.63, 3.8) is 0 Å². The Morgan fingerprint density at radius 3 is 2.29 bits per heavy atom. The van der Waals surface area contributed by atoms with Gasteiger partial charge in [-0.15, -0.1) is 0 Å². The van der Waals surface area contributed by atoms with Crippen LogP contribution in [-0.4, -0.2) is 25.4 Å². The summed E-state index contributed by atoms with van der Waals surface area (Å²) in [6, 6.07) is 13.7. The van der Waals surface area contributed by atoms with Gasteiger partial charge in [-0.05, 0) is 37.6 Å². The number of hydrogen-bond donors (Lipinski definition) is 0. The van der Waals surface area contributed by atoms with E-state index in [0.29, 0.717) is 12.2 Å². The summed E-state index contributed by atoms with van der Waals surface area (Å²) < 4.78 is 0. The number of anilines is 2. The van der Waals surface area contributed by atoms with Crippen LogP contribution < -0.4 is 9.80 Å². The van der Waals surface area contributed by atoms with Gasteiger partial charge < -0.3 is 4.90 Å². The third-order valence-electron chi connectivity index (χ3n) is 5.12. The largest absolute Gasteiger partial charge is 0.374 e. The lowest BCUT2D eigenvalue weighted by Crippen LogP contribution is -2.37. The van der Waals surface area contributed by atoms with Crippen LogP contribution >= 0.6 is 0 Å². The van der Waals surface area contributed by atoms with Crippen molar-refractivity contribution in [3.05, 3.63) is 59.2 Å². The van der Waals surface area contributed by atoms with Crippen molar-refractivity contribution in [2.45, 2.75) is 19.8 Å². The summed E-state index contributed by atoms with van der Waals surface area (Å²) in [6.45, 7) is 4.59. The van der Waals surface area contributed by atoms with Gasteiger partial charge in [0.25, 0.3) is 0 Å². The van der Waals surface area contributed by atoms with Gasteiger partial charge in [-0.3, -0.25) is 9.59 Å². The van der Waals surface area contributed by atoms with Crippen LogP contribution in [0.5, 0.6) is 0 Å². The molecule has 0 N–H and O–H groups in total. The average molecular weight is 320 g/mol. The lowest BCUT2D eigenvalue weighted by Gasteiger charge is -2.33. The number of benzene rings is 2. The molecule has 2 heterocycles. The minimum absolute atomic E-state index is 0.0899. The zero-order chi connectivity index (χ0) is 17.0. The summed E-state index contributed by atoms with van der Waals surface area (Å²) in [5, 5.41) is 0. The van der Waals surface area contributed by atoms with E-state index in [1.165, 1.54) is 4.90 Å². The van der Waals surface area contributed by atoms with Gasteiger partial charge in [-0.1, -0.05) is 35.4 Å². The molecule has 2 aromatic rings. The predicted octanol–water partition coefficient (Wildman–Crippen LogP) is 3.03. The van der Waals surface area contributed by atoms with Gasteiger partial charge in [-0.25, -0.2) is 4.90 Å². The van der Waals surface area contributed by atoms with Gasteiger partial charge in [0.05, 0.1) is 17.5 Å². The molecule has 24 heavy (non-hydrogen) atoms. The molecule has 122 valence electrons. The Bertz CT molecular complexity index is 841. The van der Waals surface area contributed by atoms with Crippen molar-refractivity contribution in [2.24, 2.45) is 5.92 Å². The maximum atomic E-state index is 13.1. The van der Waals surface area contributed by atoms with Crippen LogP contribution in [0.2, 0.25) is 0 Å². The van der Waals surface area contributed by atoms with E-state index in [4.69, 9.17) is 0 Å². The summed E-state index contributed by atoms with van der Waals surface area (Å²) in [5.74, 6) is -0.871. The second kappa shape index (κ2) is 5.20. The van der Waals surface area contributed by atoms with Gasteiger partial charge in [0.2, 0.25) is 11.8 Å². The smallest absolute Gasteiger partial charge is 0.242 e. The third kappa shape index (κ3) is 2.06. The minimum Gasteiger partial charge on any atom is -0.374 e. The first-order valence-corrected chi connectivity index (χ1v) is 8.23. The third-order valence-corrected chi connectivity index (χ3v) is 5.12. The van der Waals surface area contributed by atoms with Gasteiger partial charge in [-0.2, -0.15) is 0 Å². The van der Waals surface area contributed by atoms with Crippen LogP contribution in [0.3, 0.4) is 0 Å². The highest BCUT2D eigenvalue weighted by atomic mass is 16.2. The predicted molar refractivity (Wildman–Crippen MR) is 94.4 cm³/mol. The standard InChI is InChI=1S/C20H20N2O2/c1-12-4-7-14(8-5-12)22-19(23)16-11-21(3)17-9-6-13(2)10-15(17)18(16)20(22)24/h4-10,16,18H,11H2,1-3H3. The quantitative estimate of drug-likeness (QED) is 0.758. The van der Waals surface area contributed by atoms with Crippen molar-refractivity contribution in [1.82, 2.24) is 0 Å². The second-order valence-electron chi connectivity index (χ2n) is 6.87. The van der Waals surface area contributed by atoms with Gasteiger partial charge >= 0.3 is 0 Å². The molecular weight excluding hydrogens is 300 g/mol. The number of carbonyl (C=O) groups is 2. The number of imide groups is 1. The lowest BCUT2D eigenvalue weighted by atomic mass is 9.82. The summed E-state index contributed by atoms with van der Waals surface area (Å²) in [6.07, 6.45) is 0. The van der Waals surface area contributed by atoms with Crippen LogP contribution in [0.4, 0.5) is 11.4 Å². The summed E-state index contributed by atoms with van der Waals surface area (Å²) in [4.78, 5) is 29.5. The van der Waals surface area contributed by atoms with E-state index in [9.17, 15) is 9.59 Å². The van der Waals surface area contributed by atoms with Crippen molar-refractivity contribution in [1.29, 1.82) is 0 Å². The monoisotopic (exact) mass is 320 g/mol. The molecule has 2 atom stereocenters. The van der Waals surface area contributed by atoms with Gasteiger partial charge in [0.1, 0.15) is 0 Å². The molecule has 2 aliphatic heterocycles. The maximum Gasteiger partial charge on any atom is 0.242 e. The molecular formula is C20H20N2O2. The van der Waals surface area contributed by atoms with Gasteiger partial charge in [0.15, 0.2) is 0 Å². The highest BCUT2D eigenvalue weighted by Gasteiger charge is 2.52. The molecule has 2 aromatic carbocycles. The molecule has 4 nitrogen and oxygen atoms in total. The average Bonchev–Trinajstić information content (AvgIpc) is 2.79. The van der Waals surface area contributed by atoms with E-state index in [-0.39, 0.29) is 23.7 Å².